The third-order valence-electron chi connectivity index (χ3n) is 2.03. The Labute approximate surface area is 98.5 Å². The molecule has 6 heteroatoms. The molecule has 0 bridgehead atoms. The summed E-state index contributed by atoms with van der Waals surface area (Å²) in [6.45, 7) is 3.78. The van der Waals surface area contributed by atoms with Crippen molar-refractivity contribution in [2.45, 2.75) is 19.9 Å². The van der Waals surface area contributed by atoms with Gasteiger partial charge in [0, 0.05) is 17.6 Å². The summed E-state index contributed by atoms with van der Waals surface area (Å²) in [5.41, 5.74) is 0.558. The fourth-order valence-corrected chi connectivity index (χ4v) is 1.35. The highest BCUT2D eigenvalue weighted by atomic mass is 16.2. The zero-order valence-corrected chi connectivity index (χ0v) is 9.64. The maximum atomic E-state index is 11.5. The second kappa shape index (κ2) is 4.73. The number of pyridine rings is 1. The number of aromatic nitrogens is 3. The van der Waals surface area contributed by atoms with E-state index in [9.17, 15) is 4.79 Å². The van der Waals surface area contributed by atoms with E-state index in [4.69, 9.17) is 0 Å². The van der Waals surface area contributed by atoms with Gasteiger partial charge in [0.25, 0.3) is 0 Å². The summed E-state index contributed by atoms with van der Waals surface area (Å²) in [4.78, 5) is 23.6. The Morgan fingerprint density at radius 3 is 2.94 bits per heavy atom. The molecule has 0 radical (unpaired) electrons. The second-order valence-corrected chi connectivity index (χ2v) is 3.89. The molecule has 17 heavy (non-hydrogen) atoms. The van der Waals surface area contributed by atoms with E-state index in [-0.39, 0.29) is 12.1 Å². The minimum Gasteiger partial charge on any atom is -0.336 e. The van der Waals surface area contributed by atoms with Gasteiger partial charge in [-0.3, -0.25) is 5.32 Å². The van der Waals surface area contributed by atoms with Crippen LogP contribution in [0.2, 0.25) is 0 Å². The number of carbonyl (C=O) groups excluding carboxylic acids is 1. The molecule has 2 rings (SSSR count). The molecule has 88 valence electrons. The minimum absolute atomic E-state index is 0.0813. The molecule has 0 saturated heterocycles. The Morgan fingerprint density at radius 2 is 2.18 bits per heavy atom. The fourth-order valence-electron chi connectivity index (χ4n) is 1.35. The van der Waals surface area contributed by atoms with E-state index in [1.807, 2.05) is 19.9 Å². The summed E-state index contributed by atoms with van der Waals surface area (Å²) in [5.74, 6) is 0.467. The average molecular weight is 231 g/mol. The molecule has 2 heterocycles. The monoisotopic (exact) mass is 231 g/mol. The second-order valence-electron chi connectivity index (χ2n) is 3.89. The number of hydrogen-bond donors (Lipinski definition) is 2. The normalized spacial score (nSPS) is 10.5. The molecule has 0 fully saturated rings. The summed E-state index contributed by atoms with van der Waals surface area (Å²) in [7, 11) is 0. The highest BCUT2D eigenvalue weighted by molar-refractivity contribution is 5.89. The maximum absolute atomic E-state index is 11.5. The molecule has 2 amide bonds. The van der Waals surface area contributed by atoms with Crippen LogP contribution >= 0.6 is 0 Å². The molecule has 0 spiro atoms. The number of fused-ring (bicyclic) bond motifs is 1. The molecule has 2 aromatic heterocycles. The molecular weight excluding hydrogens is 218 g/mol. The van der Waals surface area contributed by atoms with Crippen molar-refractivity contribution in [2.75, 3.05) is 5.32 Å². The number of amides is 2. The van der Waals surface area contributed by atoms with Crippen molar-refractivity contribution < 1.29 is 4.79 Å². The number of carbonyl (C=O) groups is 1. The van der Waals surface area contributed by atoms with Gasteiger partial charge in [-0.1, -0.05) is 0 Å². The number of rotatable bonds is 2. The third-order valence-corrected chi connectivity index (χ3v) is 2.03. The minimum atomic E-state index is -0.277. The van der Waals surface area contributed by atoms with E-state index in [0.717, 1.165) is 5.39 Å². The lowest BCUT2D eigenvalue weighted by atomic mass is 10.3. The van der Waals surface area contributed by atoms with Crippen molar-refractivity contribution in [3.8, 4) is 0 Å². The third kappa shape index (κ3) is 2.87. The van der Waals surface area contributed by atoms with Crippen LogP contribution < -0.4 is 10.6 Å². The zero-order chi connectivity index (χ0) is 12.3. The molecule has 0 saturated carbocycles. The van der Waals surface area contributed by atoms with E-state index in [2.05, 4.69) is 25.6 Å². The number of anilines is 1. The van der Waals surface area contributed by atoms with Crippen molar-refractivity contribution in [3.63, 3.8) is 0 Å². The van der Waals surface area contributed by atoms with Gasteiger partial charge < -0.3 is 5.32 Å². The summed E-state index contributed by atoms with van der Waals surface area (Å²) in [6.07, 6.45) is 3.10. The van der Waals surface area contributed by atoms with Crippen molar-refractivity contribution in [1.82, 2.24) is 20.3 Å². The molecule has 0 aromatic carbocycles. The number of nitrogens with one attached hydrogen (secondary N) is 2. The Morgan fingerprint density at radius 1 is 1.35 bits per heavy atom. The molecular formula is C11H13N5O. The van der Waals surface area contributed by atoms with Gasteiger partial charge in [-0.2, -0.15) is 0 Å². The van der Waals surface area contributed by atoms with Crippen molar-refractivity contribution in [1.29, 1.82) is 0 Å². The average Bonchev–Trinajstić information content (AvgIpc) is 2.27. The smallest absolute Gasteiger partial charge is 0.320 e. The van der Waals surface area contributed by atoms with Crippen LogP contribution in [0.1, 0.15) is 13.8 Å². The van der Waals surface area contributed by atoms with Crippen LogP contribution in [0.5, 0.6) is 0 Å². The van der Waals surface area contributed by atoms with Gasteiger partial charge in [-0.15, -0.1) is 0 Å². The maximum Gasteiger partial charge on any atom is 0.320 e. The van der Waals surface area contributed by atoms with Gasteiger partial charge in [-0.25, -0.2) is 19.7 Å². The van der Waals surface area contributed by atoms with Gasteiger partial charge in [0.2, 0.25) is 0 Å². The molecule has 0 aliphatic rings. The SMILES string of the molecule is CC(C)NC(=O)Nc1ccc2cncnc2n1. The molecule has 6 nitrogen and oxygen atoms in total. The van der Waals surface area contributed by atoms with Crippen molar-refractivity contribution >= 4 is 22.9 Å². The van der Waals surface area contributed by atoms with Crippen LogP contribution in [0.25, 0.3) is 11.0 Å². The standard InChI is InChI=1S/C11H13N5O/c1-7(2)14-11(17)16-9-4-3-8-5-12-6-13-10(8)15-9/h3-7H,1-2H3,(H2,12,13,14,15,16,17). The van der Waals surface area contributed by atoms with E-state index in [1.165, 1.54) is 6.33 Å². The van der Waals surface area contributed by atoms with Gasteiger partial charge >= 0.3 is 6.03 Å². The van der Waals surface area contributed by atoms with Gasteiger partial charge in [0.1, 0.15) is 12.1 Å². The van der Waals surface area contributed by atoms with Gasteiger partial charge in [0.15, 0.2) is 5.65 Å². The number of hydrogen-bond acceptors (Lipinski definition) is 4. The first-order chi connectivity index (χ1) is 8.15. The molecule has 2 N–H and O–H groups in total. The molecule has 0 aliphatic carbocycles. The van der Waals surface area contributed by atoms with Crippen LogP contribution in [0.15, 0.2) is 24.7 Å². The van der Waals surface area contributed by atoms with Crippen molar-refractivity contribution in [3.05, 3.63) is 24.7 Å². The first kappa shape index (κ1) is 11.3. The number of urea groups is 1. The topological polar surface area (TPSA) is 79.8 Å². The van der Waals surface area contributed by atoms with Crippen LogP contribution in [-0.4, -0.2) is 27.0 Å². The summed E-state index contributed by atoms with van der Waals surface area (Å²) in [5, 5.41) is 6.20. The molecule has 2 aromatic rings. The van der Waals surface area contributed by atoms with Gasteiger partial charge in [0.05, 0.1) is 0 Å². The van der Waals surface area contributed by atoms with Crippen LogP contribution in [-0.2, 0) is 0 Å². The Hall–Kier alpha value is -2.24. The van der Waals surface area contributed by atoms with Crippen molar-refractivity contribution in [2.24, 2.45) is 0 Å². The lowest BCUT2D eigenvalue weighted by molar-refractivity contribution is 0.250. The van der Waals surface area contributed by atoms with E-state index < -0.39 is 0 Å². The van der Waals surface area contributed by atoms with E-state index >= 15 is 0 Å². The summed E-state index contributed by atoms with van der Waals surface area (Å²) < 4.78 is 0. The number of nitrogens with zero attached hydrogens (tertiary/aromatic N) is 3. The quantitative estimate of drug-likeness (QED) is 0.821. The Balaban J connectivity index is 2.17. The van der Waals surface area contributed by atoms with Crippen LogP contribution in [0.3, 0.4) is 0 Å². The molecule has 0 atom stereocenters. The largest absolute Gasteiger partial charge is 0.336 e. The zero-order valence-electron chi connectivity index (χ0n) is 9.64. The van der Waals surface area contributed by atoms with E-state index in [0.29, 0.717) is 11.5 Å². The predicted octanol–water partition coefficient (Wildman–Crippen LogP) is 1.55. The fraction of sp³-hybridized carbons (Fsp3) is 0.273. The van der Waals surface area contributed by atoms with Crippen LogP contribution in [0, 0.1) is 0 Å². The van der Waals surface area contributed by atoms with E-state index in [1.54, 1.807) is 12.3 Å². The lowest BCUT2D eigenvalue weighted by Gasteiger charge is -2.09. The summed E-state index contributed by atoms with van der Waals surface area (Å²) in [6, 6.07) is 3.33. The Kier molecular flexibility index (Phi) is 3.13. The highest BCUT2D eigenvalue weighted by Crippen LogP contribution is 2.10. The molecule has 0 aliphatic heterocycles. The first-order valence-electron chi connectivity index (χ1n) is 5.29. The highest BCUT2D eigenvalue weighted by Gasteiger charge is 2.05. The summed E-state index contributed by atoms with van der Waals surface area (Å²) >= 11 is 0. The first-order valence-corrected chi connectivity index (χ1v) is 5.29. The molecule has 0 unspecified atom stereocenters. The van der Waals surface area contributed by atoms with Crippen LogP contribution in [0.4, 0.5) is 10.6 Å². The Bertz CT molecular complexity index is 540. The predicted molar refractivity (Wildman–Crippen MR) is 64.6 cm³/mol. The lowest BCUT2D eigenvalue weighted by Crippen LogP contribution is -2.34. The van der Waals surface area contributed by atoms with Gasteiger partial charge in [-0.05, 0) is 26.0 Å².